The molecule has 1 heterocycles. The Morgan fingerprint density at radius 1 is 1.50 bits per heavy atom. The van der Waals surface area contributed by atoms with Gasteiger partial charge in [-0.3, -0.25) is 0 Å². The van der Waals surface area contributed by atoms with E-state index in [1.807, 2.05) is 0 Å². The first-order valence-electron chi connectivity index (χ1n) is 5.54. The maximum atomic E-state index is 13.1. The number of hydrogen-bond acceptors (Lipinski definition) is 3. The molecule has 7 heteroatoms. The SMILES string of the molecule is O=S(=O)(c1ccc(F)c(Br)c1)N1CCC[C@@H]1CO. The molecule has 4 nitrogen and oxygen atoms in total. The third-order valence-electron chi connectivity index (χ3n) is 3.03. The molecule has 0 aliphatic carbocycles. The zero-order valence-electron chi connectivity index (χ0n) is 9.51. The van der Waals surface area contributed by atoms with Crippen LogP contribution in [0, 0.1) is 5.82 Å². The molecule has 100 valence electrons. The molecule has 1 N–H and O–H groups in total. The number of hydrogen-bond donors (Lipinski definition) is 1. The van der Waals surface area contributed by atoms with Crippen molar-refractivity contribution in [3.05, 3.63) is 28.5 Å². The van der Waals surface area contributed by atoms with E-state index >= 15 is 0 Å². The van der Waals surface area contributed by atoms with E-state index in [2.05, 4.69) is 15.9 Å². The number of nitrogens with zero attached hydrogens (tertiary/aromatic N) is 1. The van der Waals surface area contributed by atoms with Crippen LogP contribution in [0.1, 0.15) is 12.8 Å². The average Bonchev–Trinajstić information content (AvgIpc) is 2.81. The molecule has 0 radical (unpaired) electrons. The fourth-order valence-electron chi connectivity index (χ4n) is 2.08. The van der Waals surface area contributed by atoms with Crippen LogP contribution in [-0.4, -0.2) is 37.0 Å². The lowest BCUT2D eigenvalue weighted by atomic mass is 10.2. The number of rotatable bonds is 3. The van der Waals surface area contributed by atoms with Gasteiger partial charge in [0.05, 0.1) is 16.0 Å². The number of aliphatic hydroxyl groups is 1. The maximum Gasteiger partial charge on any atom is 0.243 e. The molecular formula is C11H13BrFNO3S. The van der Waals surface area contributed by atoms with Crippen molar-refractivity contribution in [3.63, 3.8) is 0 Å². The van der Waals surface area contributed by atoms with E-state index in [1.165, 1.54) is 16.4 Å². The standard InChI is InChI=1S/C11H13BrFNO3S/c12-10-6-9(3-4-11(10)13)18(16,17)14-5-1-2-8(14)7-15/h3-4,6,8,15H,1-2,5,7H2/t8-/m1/s1. The molecular weight excluding hydrogens is 325 g/mol. The van der Waals surface area contributed by atoms with Gasteiger partial charge in [-0.15, -0.1) is 0 Å². The Hall–Kier alpha value is -0.500. The van der Waals surface area contributed by atoms with Gasteiger partial charge in [0.2, 0.25) is 10.0 Å². The number of benzene rings is 1. The Morgan fingerprint density at radius 2 is 2.22 bits per heavy atom. The fraction of sp³-hybridized carbons (Fsp3) is 0.455. The van der Waals surface area contributed by atoms with Crippen LogP contribution in [0.4, 0.5) is 4.39 Å². The first kappa shape index (κ1) is 13.9. The molecule has 0 spiro atoms. The van der Waals surface area contributed by atoms with Crippen molar-refractivity contribution in [2.45, 2.75) is 23.8 Å². The molecule has 0 amide bonds. The number of sulfonamides is 1. The smallest absolute Gasteiger partial charge is 0.243 e. The number of aliphatic hydroxyl groups excluding tert-OH is 1. The molecule has 0 bridgehead atoms. The third-order valence-corrected chi connectivity index (χ3v) is 5.59. The summed E-state index contributed by atoms with van der Waals surface area (Å²) in [5.41, 5.74) is 0. The van der Waals surface area contributed by atoms with Crippen LogP contribution in [0.15, 0.2) is 27.6 Å². The zero-order chi connectivity index (χ0) is 13.3. The second kappa shape index (κ2) is 5.24. The normalized spacial score (nSPS) is 21.4. The molecule has 0 aromatic heterocycles. The summed E-state index contributed by atoms with van der Waals surface area (Å²) in [6.45, 7) is 0.199. The van der Waals surface area contributed by atoms with Crippen LogP contribution in [0.25, 0.3) is 0 Å². The van der Waals surface area contributed by atoms with Crippen LogP contribution >= 0.6 is 15.9 Å². The first-order valence-corrected chi connectivity index (χ1v) is 7.78. The highest BCUT2D eigenvalue weighted by molar-refractivity contribution is 9.10. The summed E-state index contributed by atoms with van der Waals surface area (Å²) in [5, 5.41) is 9.17. The minimum absolute atomic E-state index is 0.0381. The van der Waals surface area contributed by atoms with Gasteiger partial charge in [0.25, 0.3) is 0 Å². The Balaban J connectivity index is 2.38. The van der Waals surface area contributed by atoms with Gasteiger partial charge in [-0.25, -0.2) is 12.8 Å². The summed E-state index contributed by atoms with van der Waals surface area (Å²) < 4.78 is 39.2. The Labute approximate surface area is 114 Å². The maximum absolute atomic E-state index is 13.1. The van der Waals surface area contributed by atoms with E-state index in [-0.39, 0.29) is 22.0 Å². The first-order chi connectivity index (χ1) is 8.46. The summed E-state index contributed by atoms with van der Waals surface area (Å²) in [6.07, 6.45) is 1.38. The van der Waals surface area contributed by atoms with Gasteiger partial charge in [0.15, 0.2) is 0 Å². The molecule has 0 saturated carbocycles. The Bertz CT molecular complexity index is 549. The summed E-state index contributed by atoms with van der Waals surface area (Å²) in [7, 11) is -3.66. The fourth-order valence-corrected chi connectivity index (χ4v) is 4.32. The van der Waals surface area contributed by atoms with Gasteiger partial charge in [-0.2, -0.15) is 4.31 Å². The lowest BCUT2D eigenvalue weighted by Gasteiger charge is -2.22. The Morgan fingerprint density at radius 3 is 2.83 bits per heavy atom. The van der Waals surface area contributed by atoms with Crippen molar-refractivity contribution < 1.29 is 17.9 Å². The van der Waals surface area contributed by atoms with Crippen molar-refractivity contribution in [1.82, 2.24) is 4.31 Å². The predicted octanol–water partition coefficient (Wildman–Crippen LogP) is 1.73. The van der Waals surface area contributed by atoms with Crippen LogP contribution in [0.3, 0.4) is 0 Å². The number of halogens is 2. The highest BCUT2D eigenvalue weighted by Crippen LogP contribution is 2.28. The minimum Gasteiger partial charge on any atom is -0.395 e. The van der Waals surface area contributed by atoms with Crippen molar-refractivity contribution in [2.24, 2.45) is 0 Å². The monoisotopic (exact) mass is 337 g/mol. The third kappa shape index (κ3) is 2.45. The van der Waals surface area contributed by atoms with E-state index in [0.717, 1.165) is 12.5 Å². The van der Waals surface area contributed by atoms with Crippen molar-refractivity contribution in [3.8, 4) is 0 Å². The van der Waals surface area contributed by atoms with Gasteiger partial charge in [-0.05, 0) is 47.0 Å². The lowest BCUT2D eigenvalue weighted by molar-refractivity contribution is 0.213. The predicted molar refractivity (Wildman–Crippen MR) is 68.1 cm³/mol. The summed E-state index contributed by atoms with van der Waals surface area (Å²) >= 11 is 2.97. The molecule has 1 aliphatic heterocycles. The van der Waals surface area contributed by atoms with E-state index in [1.54, 1.807) is 0 Å². The average molecular weight is 338 g/mol. The van der Waals surface area contributed by atoms with E-state index < -0.39 is 15.8 Å². The molecule has 1 atom stereocenters. The molecule has 1 fully saturated rings. The summed E-state index contributed by atoms with van der Waals surface area (Å²) in [5.74, 6) is -0.505. The van der Waals surface area contributed by atoms with Gasteiger partial charge >= 0.3 is 0 Å². The van der Waals surface area contributed by atoms with E-state index in [0.29, 0.717) is 13.0 Å². The largest absolute Gasteiger partial charge is 0.395 e. The molecule has 1 aliphatic rings. The van der Waals surface area contributed by atoms with Crippen molar-refractivity contribution >= 4 is 26.0 Å². The molecule has 18 heavy (non-hydrogen) atoms. The van der Waals surface area contributed by atoms with Crippen molar-refractivity contribution in [1.29, 1.82) is 0 Å². The Kier molecular flexibility index (Phi) is 4.05. The van der Waals surface area contributed by atoms with Gasteiger partial charge in [-0.1, -0.05) is 0 Å². The minimum atomic E-state index is -3.66. The lowest BCUT2D eigenvalue weighted by Crippen LogP contribution is -2.37. The molecule has 2 rings (SSSR count). The van der Waals surface area contributed by atoms with Crippen LogP contribution in [-0.2, 0) is 10.0 Å². The molecule has 1 aromatic rings. The van der Waals surface area contributed by atoms with E-state index in [9.17, 15) is 17.9 Å². The zero-order valence-corrected chi connectivity index (χ0v) is 11.9. The second-order valence-electron chi connectivity index (χ2n) is 4.17. The van der Waals surface area contributed by atoms with Crippen LogP contribution < -0.4 is 0 Å². The molecule has 0 unspecified atom stereocenters. The summed E-state index contributed by atoms with van der Waals surface area (Å²) in [4.78, 5) is 0.0381. The highest BCUT2D eigenvalue weighted by atomic mass is 79.9. The quantitative estimate of drug-likeness (QED) is 0.913. The van der Waals surface area contributed by atoms with Crippen molar-refractivity contribution in [2.75, 3.05) is 13.2 Å². The topological polar surface area (TPSA) is 57.6 Å². The highest BCUT2D eigenvalue weighted by Gasteiger charge is 2.34. The second-order valence-corrected chi connectivity index (χ2v) is 6.92. The van der Waals surface area contributed by atoms with Crippen LogP contribution in [0.2, 0.25) is 0 Å². The summed E-state index contributed by atoms with van der Waals surface area (Å²) in [6, 6.07) is 3.22. The van der Waals surface area contributed by atoms with Gasteiger partial charge < -0.3 is 5.11 Å². The van der Waals surface area contributed by atoms with Gasteiger partial charge in [0, 0.05) is 12.6 Å². The van der Waals surface area contributed by atoms with Gasteiger partial charge in [0.1, 0.15) is 5.82 Å². The molecule has 1 saturated heterocycles. The molecule has 1 aromatic carbocycles. The van der Waals surface area contributed by atoms with Crippen LogP contribution in [0.5, 0.6) is 0 Å². The van der Waals surface area contributed by atoms with E-state index in [4.69, 9.17) is 0 Å².